The Morgan fingerprint density at radius 3 is 2.69 bits per heavy atom. The Labute approximate surface area is 86.1 Å². The van der Waals surface area contributed by atoms with Crippen LogP contribution in [0.1, 0.15) is 24.1 Å². The quantitative estimate of drug-likeness (QED) is 0.777. The van der Waals surface area contributed by atoms with Crippen LogP contribution in [0.3, 0.4) is 0 Å². The Bertz CT molecular complexity index is 281. The van der Waals surface area contributed by atoms with Gasteiger partial charge in [0.15, 0.2) is 0 Å². The van der Waals surface area contributed by atoms with Crippen LogP contribution in [0, 0.1) is 6.92 Å². The average Bonchev–Trinajstić information content (AvgIpc) is 2.03. The Balaban J connectivity index is 3.12. The van der Waals surface area contributed by atoms with Crippen molar-refractivity contribution in [2.45, 2.75) is 26.0 Å². The molecule has 2 atom stereocenters. The second-order valence-corrected chi connectivity index (χ2v) is 3.85. The topological polar surface area (TPSA) is 59.1 Å². The number of hydrogen-bond donors (Lipinski definition) is 2. The molecule has 0 saturated heterocycles. The van der Waals surface area contributed by atoms with E-state index in [9.17, 15) is 5.11 Å². The van der Waals surface area contributed by atoms with E-state index < -0.39 is 6.10 Å². The molecular formula is C9H13BrN2O. The van der Waals surface area contributed by atoms with Crippen LogP contribution in [0.15, 0.2) is 16.9 Å². The lowest BCUT2D eigenvalue weighted by Crippen LogP contribution is -2.24. The number of hydrogen-bond acceptors (Lipinski definition) is 3. The SMILES string of the molecule is Cc1ccnc(Br)c1C(N)C(C)O. The Hall–Kier alpha value is -0.450. The van der Waals surface area contributed by atoms with E-state index in [4.69, 9.17) is 5.73 Å². The predicted molar refractivity (Wildman–Crippen MR) is 55.3 cm³/mol. The number of aromatic nitrogens is 1. The van der Waals surface area contributed by atoms with Crippen LogP contribution in [0.25, 0.3) is 0 Å². The lowest BCUT2D eigenvalue weighted by atomic mass is 10.0. The lowest BCUT2D eigenvalue weighted by Gasteiger charge is -2.18. The fourth-order valence-corrected chi connectivity index (χ4v) is 1.87. The van der Waals surface area contributed by atoms with E-state index >= 15 is 0 Å². The molecule has 0 amide bonds. The molecule has 1 aromatic heterocycles. The van der Waals surface area contributed by atoms with Crippen LogP contribution < -0.4 is 5.73 Å². The largest absolute Gasteiger partial charge is 0.391 e. The smallest absolute Gasteiger partial charge is 0.111 e. The minimum absolute atomic E-state index is 0.386. The molecule has 0 spiro atoms. The first-order valence-electron chi connectivity index (χ1n) is 4.08. The standard InChI is InChI=1S/C9H13BrN2O/c1-5-3-4-12-9(10)7(5)8(11)6(2)13/h3-4,6,8,13H,11H2,1-2H3. The first-order chi connectivity index (χ1) is 6.04. The molecule has 0 radical (unpaired) electrons. The number of nitrogens with zero attached hydrogens (tertiary/aromatic N) is 1. The normalized spacial score (nSPS) is 15.5. The van der Waals surface area contributed by atoms with Crippen LogP contribution in [-0.4, -0.2) is 16.2 Å². The molecule has 3 N–H and O–H groups in total. The number of nitrogens with two attached hydrogens (primary N) is 1. The average molecular weight is 245 g/mol. The molecule has 0 aliphatic heterocycles. The molecule has 0 aliphatic rings. The van der Waals surface area contributed by atoms with Gasteiger partial charge in [-0.05, 0) is 41.4 Å². The van der Waals surface area contributed by atoms with E-state index in [0.29, 0.717) is 4.60 Å². The zero-order valence-corrected chi connectivity index (χ0v) is 9.25. The summed E-state index contributed by atoms with van der Waals surface area (Å²) in [6.45, 7) is 3.62. The van der Waals surface area contributed by atoms with Crippen molar-refractivity contribution in [3.8, 4) is 0 Å². The third-order valence-electron chi connectivity index (χ3n) is 2.01. The van der Waals surface area contributed by atoms with Gasteiger partial charge in [-0.15, -0.1) is 0 Å². The van der Waals surface area contributed by atoms with E-state index in [1.165, 1.54) is 0 Å². The predicted octanol–water partition coefficient (Wildman–Crippen LogP) is 1.53. The van der Waals surface area contributed by atoms with Crippen molar-refractivity contribution in [3.05, 3.63) is 28.0 Å². The molecule has 0 aliphatic carbocycles. The molecule has 13 heavy (non-hydrogen) atoms. The van der Waals surface area contributed by atoms with Crippen molar-refractivity contribution in [1.29, 1.82) is 0 Å². The van der Waals surface area contributed by atoms with Gasteiger partial charge >= 0.3 is 0 Å². The molecule has 1 aromatic rings. The number of pyridine rings is 1. The van der Waals surface area contributed by atoms with Crippen LogP contribution in [-0.2, 0) is 0 Å². The first kappa shape index (κ1) is 10.6. The summed E-state index contributed by atoms with van der Waals surface area (Å²) in [4.78, 5) is 4.07. The highest BCUT2D eigenvalue weighted by Crippen LogP contribution is 2.25. The number of rotatable bonds is 2. The summed E-state index contributed by atoms with van der Waals surface area (Å²) in [5, 5.41) is 9.35. The summed E-state index contributed by atoms with van der Waals surface area (Å²) < 4.78 is 0.709. The van der Waals surface area contributed by atoms with Crippen molar-refractivity contribution >= 4 is 15.9 Å². The number of halogens is 1. The maximum absolute atomic E-state index is 9.35. The fraction of sp³-hybridized carbons (Fsp3) is 0.444. The third-order valence-corrected chi connectivity index (χ3v) is 2.64. The van der Waals surface area contributed by atoms with E-state index in [1.807, 2.05) is 13.0 Å². The summed E-state index contributed by atoms with van der Waals surface area (Å²) in [5.41, 5.74) is 7.73. The van der Waals surface area contributed by atoms with Crippen LogP contribution in [0.2, 0.25) is 0 Å². The minimum atomic E-state index is -0.570. The summed E-state index contributed by atoms with van der Waals surface area (Å²) in [6.07, 6.45) is 1.14. The van der Waals surface area contributed by atoms with Gasteiger partial charge in [-0.3, -0.25) is 0 Å². The van der Waals surface area contributed by atoms with Gasteiger partial charge in [0, 0.05) is 11.8 Å². The first-order valence-corrected chi connectivity index (χ1v) is 4.88. The molecule has 0 bridgehead atoms. The van der Waals surface area contributed by atoms with Crippen LogP contribution in [0.5, 0.6) is 0 Å². The second kappa shape index (κ2) is 4.17. The molecule has 3 nitrogen and oxygen atoms in total. The van der Waals surface area contributed by atoms with Crippen molar-refractivity contribution in [3.63, 3.8) is 0 Å². The molecule has 0 aromatic carbocycles. The maximum atomic E-state index is 9.35. The van der Waals surface area contributed by atoms with E-state index in [0.717, 1.165) is 11.1 Å². The van der Waals surface area contributed by atoms with Crippen LogP contribution in [0.4, 0.5) is 0 Å². The van der Waals surface area contributed by atoms with Gasteiger partial charge in [0.25, 0.3) is 0 Å². The highest BCUT2D eigenvalue weighted by Gasteiger charge is 2.17. The van der Waals surface area contributed by atoms with Gasteiger partial charge in [0.2, 0.25) is 0 Å². The Morgan fingerprint density at radius 2 is 2.23 bits per heavy atom. The van der Waals surface area contributed by atoms with Gasteiger partial charge < -0.3 is 10.8 Å². The molecule has 1 heterocycles. The zero-order valence-electron chi connectivity index (χ0n) is 7.66. The van der Waals surface area contributed by atoms with Crippen molar-refractivity contribution in [1.82, 2.24) is 4.98 Å². The second-order valence-electron chi connectivity index (χ2n) is 3.10. The van der Waals surface area contributed by atoms with E-state index in [2.05, 4.69) is 20.9 Å². The lowest BCUT2D eigenvalue weighted by molar-refractivity contribution is 0.163. The Kier molecular flexibility index (Phi) is 3.41. The van der Waals surface area contributed by atoms with Gasteiger partial charge in [-0.1, -0.05) is 0 Å². The van der Waals surface area contributed by atoms with Gasteiger partial charge in [-0.25, -0.2) is 4.98 Å². The molecular weight excluding hydrogens is 232 g/mol. The van der Waals surface area contributed by atoms with E-state index in [-0.39, 0.29) is 6.04 Å². The summed E-state index contributed by atoms with van der Waals surface area (Å²) in [5.74, 6) is 0. The van der Waals surface area contributed by atoms with Crippen molar-refractivity contribution in [2.75, 3.05) is 0 Å². The molecule has 4 heteroatoms. The number of aliphatic hydroxyl groups is 1. The van der Waals surface area contributed by atoms with Crippen molar-refractivity contribution < 1.29 is 5.11 Å². The minimum Gasteiger partial charge on any atom is -0.391 e. The summed E-state index contributed by atoms with van der Waals surface area (Å²) in [7, 11) is 0. The van der Waals surface area contributed by atoms with Crippen molar-refractivity contribution in [2.24, 2.45) is 5.73 Å². The monoisotopic (exact) mass is 244 g/mol. The van der Waals surface area contributed by atoms with Gasteiger partial charge in [-0.2, -0.15) is 0 Å². The molecule has 0 saturated carbocycles. The van der Waals surface area contributed by atoms with E-state index in [1.54, 1.807) is 13.1 Å². The number of aryl methyl sites for hydroxylation is 1. The van der Waals surface area contributed by atoms with Gasteiger partial charge in [0.1, 0.15) is 4.60 Å². The molecule has 0 fully saturated rings. The third kappa shape index (κ3) is 2.27. The fourth-order valence-electron chi connectivity index (χ4n) is 1.18. The van der Waals surface area contributed by atoms with Crippen LogP contribution >= 0.6 is 15.9 Å². The zero-order chi connectivity index (χ0) is 10.0. The Morgan fingerprint density at radius 1 is 1.62 bits per heavy atom. The highest BCUT2D eigenvalue weighted by atomic mass is 79.9. The molecule has 1 rings (SSSR count). The molecule has 72 valence electrons. The maximum Gasteiger partial charge on any atom is 0.111 e. The van der Waals surface area contributed by atoms with Gasteiger partial charge in [0.05, 0.1) is 12.1 Å². The highest BCUT2D eigenvalue weighted by molar-refractivity contribution is 9.10. The summed E-state index contributed by atoms with van der Waals surface area (Å²) in [6, 6.07) is 1.49. The summed E-state index contributed by atoms with van der Waals surface area (Å²) >= 11 is 3.31. The molecule has 2 unspecified atom stereocenters. The number of aliphatic hydroxyl groups excluding tert-OH is 1.